The van der Waals surface area contributed by atoms with Crippen molar-refractivity contribution >= 4 is 5.69 Å². The summed E-state index contributed by atoms with van der Waals surface area (Å²) in [5.74, 6) is 0. The molecule has 2 unspecified atom stereocenters. The van der Waals surface area contributed by atoms with Crippen molar-refractivity contribution in [3.8, 4) is 0 Å². The molecule has 2 fully saturated rings. The highest BCUT2D eigenvalue weighted by Gasteiger charge is 2.34. The maximum absolute atomic E-state index is 5.75. The van der Waals surface area contributed by atoms with Crippen LogP contribution in [0.4, 0.5) is 5.69 Å². The van der Waals surface area contributed by atoms with Crippen LogP contribution >= 0.6 is 0 Å². The molecule has 3 nitrogen and oxygen atoms in total. The van der Waals surface area contributed by atoms with Gasteiger partial charge in [-0.15, -0.1) is 0 Å². The predicted molar refractivity (Wildman–Crippen MR) is 80.6 cm³/mol. The van der Waals surface area contributed by atoms with Gasteiger partial charge in [-0.2, -0.15) is 0 Å². The molecule has 104 valence electrons. The van der Waals surface area contributed by atoms with Gasteiger partial charge < -0.3 is 10.6 Å². The first kappa shape index (κ1) is 12.9. The number of anilines is 1. The second kappa shape index (κ2) is 5.51. The molecular weight excluding hydrogens is 234 g/mol. The first-order valence-corrected chi connectivity index (χ1v) is 7.54. The number of hydrogen-bond acceptors (Lipinski definition) is 3. The first-order chi connectivity index (χ1) is 9.29. The lowest BCUT2D eigenvalue weighted by atomic mass is 10.0. The SMILES string of the molecule is CN1C2CCC1CN(c1ccccc1CCN)CC2. The van der Waals surface area contributed by atoms with Crippen LogP contribution in [0.25, 0.3) is 0 Å². The lowest BCUT2D eigenvalue weighted by molar-refractivity contribution is 0.254. The highest BCUT2D eigenvalue weighted by atomic mass is 15.3. The summed E-state index contributed by atoms with van der Waals surface area (Å²) in [5, 5.41) is 0. The van der Waals surface area contributed by atoms with Crippen LogP contribution < -0.4 is 10.6 Å². The van der Waals surface area contributed by atoms with E-state index in [0.29, 0.717) is 0 Å². The van der Waals surface area contributed by atoms with Crippen LogP contribution in [-0.4, -0.2) is 43.7 Å². The molecule has 3 rings (SSSR count). The smallest absolute Gasteiger partial charge is 0.0399 e. The van der Waals surface area contributed by atoms with Gasteiger partial charge in [-0.25, -0.2) is 0 Å². The van der Waals surface area contributed by atoms with E-state index in [2.05, 4.69) is 41.1 Å². The fourth-order valence-electron chi connectivity index (χ4n) is 3.71. The Morgan fingerprint density at radius 2 is 1.95 bits per heavy atom. The monoisotopic (exact) mass is 259 g/mol. The summed E-state index contributed by atoms with van der Waals surface area (Å²) >= 11 is 0. The zero-order valence-electron chi connectivity index (χ0n) is 11.9. The Kier molecular flexibility index (Phi) is 3.76. The van der Waals surface area contributed by atoms with E-state index in [1.807, 2.05) is 0 Å². The van der Waals surface area contributed by atoms with Crippen molar-refractivity contribution in [2.75, 3.05) is 31.6 Å². The quantitative estimate of drug-likeness (QED) is 0.899. The van der Waals surface area contributed by atoms with E-state index in [1.54, 1.807) is 0 Å². The topological polar surface area (TPSA) is 32.5 Å². The van der Waals surface area contributed by atoms with Crippen LogP contribution in [0.2, 0.25) is 0 Å². The van der Waals surface area contributed by atoms with Crippen molar-refractivity contribution in [1.29, 1.82) is 0 Å². The van der Waals surface area contributed by atoms with Crippen LogP contribution in [0, 0.1) is 0 Å². The molecule has 0 saturated carbocycles. The molecule has 3 heteroatoms. The Morgan fingerprint density at radius 3 is 2.79 bits per heavy atom. The summed E-state index contributed by atoms with van der Waals surface area (Å²) in [6.07, 6.45) is 5.02. The van der Waals surface area contributed by atoms with Crippen LogP contribution in [-0.2, 0) is 6.42 Å². The van der Waals surface area contributed by atoms with Crippen molar-refractivity contribution in [2.45, 2.75) is 37.8 Å². The maximum Gasteiger partial charge on any atom is 0.0399 e. The van der Waals surface area contributed by atoms with Gasteiger partial charge in [-0.1, -0.05) is 18.2 Å². The molecule has 1 aromatic rings. The van der Waals surface area contributed by atoms with E-state index in [1.165, 1.54) is 43.6 Å². The third-order valence-corrected chi connectivity index (χ3v) is 4.89. The standard InChI is InChI=1S/C16H25N3/c1-18-14-6-7-15(18)12-19(11-9-14)16-5-3-2-4-13(16)8-10-17/h2-5,14-15H,6-12,17H2,1H3. The van der Waals surface area contributed by atoms with E-state index < -0.39 is 0 Å². The maximum atomic E-state index is 5.75. The van der Waals surface area contributed by atoms with Gasteiger partial charge in [0.1, 0.15) is 0 Å². The number of nitrogens with zero attached hydrogens (tertiary/aromatic N) is 2. The van der Waals surface area contributed by atoms with Crippen molar-refractivity contribution in [2.24, 2.45) is 5.73 Å². The van der Waals surface area contributed by atoms with Crippen molar-refractivity contribution < 1.29 is 0 Å². The highest BCUT2D eigenvalue weighted by molar-refractivity contribution is 5.54. The zero-order valence-corrected chi connectivity index (χ0v) is 11.9. The normalized spacial score (nSPS) is 27.6. The van der Waals surface area contributed by atoms with E-state index in [9.17, 15) is 0 Å². The number of benzene rings is 1. The molecule has 2 atom stereocenters. The van der Waals surface area contributed by atoms with Crippen molar-refractivity contribution in [3.63, 3.8) is 0 Å². The molecule has 0 spiro atoms. The molecule has 2 aliphatic rings. The first-order valence-electron chi connectivity index (χ1n) is 7.54. The Hall–Kier alpha value is -1.06. The molecule has 2 N–H and O–H groups in total. The minimum Gasteiger partial charge on any atom is -0.370 e. The number of para-hydroxylation sites is 1. The molecule has 1 aromatic carbocycles. The van der Waals surface area contributed by atoms with Crippen LogP contribution in [0.1, 0.15) is 24.8 Å². The summed E-state index contributed by atoms with van der Waals surface area (Å²) in [4.78, 5) is 5.19. The number of fused-ring (bicyclic) bond motifs is 2. The van der Waals surface area contributed by atoms with Crippen molar-refractivity contribution in [3.05, 3.63) is 29.8 Å². The average molecular weight is 259 g/mol. The van der Waals surface area contributed by atoms with Gasteiger partial charge in [0.25, 0.3) is 0 Å². The van der Waals surface area contributed by atoms with Crippen LogP contribution in [0.15, 0.2) is 24.3 Å². The zero-order chi connectivity index (χ0) is 13.2. The molecule has 2 saturated heterocycles. The Labute approximate surface area is 116 Å². The van der Waals surface area contributed by atoms with Gasteiger partial charge >= 0.3 is 0 Å². The van der Waals surface area contributed by atoms with Gasteiger partial charge in [0.2, 0.25) is 0 Å². The highest BCUT2D eigenvalue weighted by Crippen LogP contribution is 2.31. The second-order valence-electron chi connectivity index (χ2n) is 5.95. The van der Waals surface area contributed by atoms with Gasteiger partial charge in [0.05, 0.1) is 0 Å². The molecule has 2 heterocycles. The van der Waals surface area contributed by atoms with Crippen LogP contribution in [0.5, 0.6) is 0 Å². The van der Waals surface area contributed by atoms with E-state index in [4.69, 9.17) is 5.73 Å². The fourth-order valence-corrected chi connectivity index (χ4v) is 3.71. The van der Waals surface area contributed by atoms with Gasteiger partial charge in [-0.3, -0.25) is 4.90 Å². The van der Waals surface area contributed by atoms with E-state index in [-0.39, 0.29) is 0 Å². The number of rotatable bonds is 3. The third-order valence-electron chi connectivity index (χ3n) is 4.89. The van der Waals surface area contributed by atoms with Crippen LogP contribution in [0.3, 0.4) is 0 Å². The molecule has 0 amide bonds. The summed E-state index contributed by atoms with van der Waals surface area (Å²) in [6.45, 7) is 3.10. The minimum atomic E-state index is 0.733. The lowest BCUT2D eigenvalue weighted by Crippen LogP contribution is -2.37. The average Bonchev–Trinajstić information content (AvgIpc) is 2.65. The summed E-state index contributed by atoms with van der Waals surface area (Å²) in [6, 6.07) is 10.3. The predicted octanol–water partition coefficient (Wildman–Crippen LogP) is 1.86. The number of likely N-dealkylation sites (N-methyl/N-ethyl adjacent to an activating group) is 1. The Morgan fingerprint density at radius 1 is 1.16 bits per heavy atom. The fraction of sp³-hybridized carbons (Fsp3) is 0.625. The Bertz CT molecular complexity index is 432. The molecule has 19 heavy (non-hydrogen) atoms. The van der Waals surface area contributed by atoms with Crippen molar-refractivity contribution in [1.82, 2.24) is 4.90 Å². The number of hydrogen-bond donors (Lipinski definition) is 1. The second-order valence-corrected chi connectivity index (χ2v) is 5.95. The van der Waals surface area contributed by atoms with Gasteiger partial charge in [-0.05, 0) is 50.9 Å². The summed E-state index contributed by atoms with van der Waals surface area (Å²) in [7, 11) is 2.30. The third kappa shape index (κ3) is 2.49. The largest absolute Gasteiger partial charge is 0.370 e. The molecule has 2 bridgehead atoms. The summed E-state index contributed by atoms with van der Waals surface area (Å²) in [5.41, 5.74) is 8.56. The number of nitrogens with two attached hydrogens (primary N) is 1. The van der Waals surface area contributed by atoms with Gasteiger partial charge in [0.15, 0.2) is 0 Å². The minimum absolute atomic E-state index is 0.733. The van der Waals surface area contributed by atoms with E-state index >= 15 is 0 Å². The van der Waals surface area contributed by atoms with E-state index in [0.717, 1.165) is 25.0 Å². The van der Waals surface area contributed by atoms with Gasteiger partial charge in [0, 0.05) is 30.9 Å². The lowest BCUT2D eigenvalue weighted by Gasteiger charge is -2.29. The molecule has 0 aromatic heterocycles. The summed E-state index contributed by atoms with van der Waals surface area (Å²) < 4.78 is 0. The molecule has 2 aliphatic heterocycles. The molecule has 0 radical (unpaired) electrons. The molecule has 0 aliphatic carbocycles. The Balaban J connectivity index is 1.82. The molecular formula is C16H25N3.